The highest BCUT2D eigenvalue weighted by atomic mass is 16.1. The number of H-pyrrole nitrogens is 1. The minimum Gasteiger partial charge on any atom is -0.325 e. The van der Waals surface area contributed by atoms with E-state index in [1.807, 2.05) is 66.7 Å². The van der Waals surface area contributed by atoms with Gasteiger partial charge >= 0.3 is 0 Å². The lowest BCUT2D eigenvalue weighted by Gasteiger charge is -2.12. The standard InChI is InChI=1S/C23H18N6O/c30-19-14-17-8-4-5-9-18(17)20(15-6-2-1-3-7-15)25-22(19)27-23-26-21(28-29-23)16-10-12-24-13-11-16/h1-13,22H,14H2,(H2,26,27,28,29). The van der Waals surface area contributed by atoms with Crippen LogP contribution in [0.5, 0.6) is 0 Å². The highest BCUT2D eigenvalue weighted by Crippen LogP contribution is 2.22. The van der Waals surface area contributed by atoms with Crippen molar-refractivity contribution in [2.45, 2.75) is 12.6 Å². The van der Waals surface area contributed by atoms with Gasteiger partial charge in [0.25, 0.3) is 0 Å². The van der Waals surface area contributed by atoms with Gasteiger partial charge in [0.1, 0.15) is 0 Å². The number of aliphatic imine (C=N–C) groups is 1. The molecule has 1 atom stereocenters. The molecule has 4 aromatic rings. The molecule has 0 saturated carbocycles. The molecule has 2 aromatic heterocycles. The van der Waals surface area contributed by atoms with E-state index in [9.17, 15) is 4.79 Å². The number of pyridine rings is 1. The number of aromatic nitrogens is 4. The number of nitrogens with one attached hydrogen (secondary N) is 2. The molecule has 7 nitrogen and oxygen atoms in total. The fourth-order valence-electron chi connectivity index (χ4n) is 3.49. The zero-order valence-corrected chi connectivity index (χ0v) is 16.0. The highest BCUT2D eigenvalue weighted by molar-refractivity contribution is 6.16. The fourth-order valence-corrected chi connectivity index (χ4v) is 3.49. The predicted molar refractivity (Wildman–Crippen MR) is 114 cm³/mol. The Balaban J connectivity index is 1.51. The quantitative estimate of drug-likeness (QED) is 0.554. The molecule has 5 rings (SSSR count). The molecule has 0 aliphatic carbocycles. The number of ketones is 1. The summed E-state index contributed by atoms with van der Waals surface area (Å²) in [4.78, 5) is 26.3. The molecule has 0 radical (unpaired) electrons. The van der Waals surface area contributed by atoms with Crippen molar-refractivity contribution in [1.82, 2.24) is 20.2 Å². The molecule has 0 spiro atoms. The Morgan fingerprint density at radius 3 is 2.50 bits per heavy atom. The van der Waals surface area contributed by atoms with Crippen LogP contribution < -0.4 is 5.32 Å². The molecule has 2 aromatic carbocycles. The van der Waals surface area contributed by atoms with Crippen molar-refractivity contribution in [3.05, 3.63) is 95.8 Å². The number of hydrogen-bond donors (Lipinski definition) is 2. The van der Waals surface area contributed by atoms with Crippen LogP contribution in [0.4, 0.5) is 5.95 Å². The Hall–Kier alpha value is -4.13. The van der Waals surface area contributed by atoms with Crippen LogP contribution in [0.2, 0.25) is 0 Å². The third-order valence-electron chi connectivity index (χ3n) is 4.95. The average Bonchev–Trinajstić information content (AvgIpc) is 3.21. The van der Waals surface area contributed by atoms with Crippen molar-refractivity contribution < 1.29 is 4.79 Å². The summed E-state index contributed by atoms with van der Waals surface area (Å²) in [6, 6.07) is 21.4. The lowest BCUT2D eigenvalue weighted by molar-refractivity contribution is -0.118. The minimum absolute atomic E-state index is 0.0383. The summed E-state index contributed by atoms with van der Waals surface area (Å²) in [5.41, 5.74) is 4.52. The van der Waals surface area contributed by atoms with Crippen LogP contribution in [0.3, 0.4) is 0 Å². The van der Waals surface area contributed by atoms with Crippen molar-refractivity contribution in [3.63, 3.8) is 0 Å². The summed E-state index contributed by atoms with van der Waals surface area (Å²) in [6.45, 7) is 0. The van der Waals surface area contributed by atoms with Gasteiger partial charge in [-0.2, -0.15) is 4.98 Å². The summed E-state index contributed by atoms with van der Waals surface area (Å²) in [5.74, 6) is 0.877. The molecular weight excluding hydrogens is 376 g/mol. The van der Waals surface area contributed by atoms with E-state index in [2.05, 4.69) is 25.5 Å². The van der Waals surface area contributed by atoms with E-state index < -0.39 is 6.17 Å². The van der Waals surface area contributed by atoms with Gasteiger partial charge in [-0.15, -0.1) is 5.10 Å². The van der Waals surface area contributed by atoms with E-state index >= 15 is 0 Å². The van der Waals surface area contributed by atoms with Crippen LogP contribution >= 0.6 is 0 Å². The third-order valence-corrected chi connectivity index (χ3v) is 4.95. The number of rotatable bonds is 4. The number of aromatic amines is 1. The smallest absolute Gasteiger partial charge is 0.244 e. The highest BCUT2D eigenvalue weighted by Gasteiger charge is 2.26. The van der Waals surface area contributed by atoms with Crippen molar-refractivity contribution >= 4 is 17.4 Å². The van der Waals surface area contributed by atoms with Gasteiger partial charge in [0.15, 0.2) is 17.8 Å². The summed E-state index contributed by atoms with van der Waals surface area (Å²) >= 11 is 0. The van der Waals surface area contributed by atoms with Gasteiger partial charge in [0.2, 0.25) is 5.95 Å². The van der Waals surface area contributed by atoms with E-state index in [0.29, 0.717) is 11.8 Å². The van der Waals surface area contributed by atoms with Crippen LogP contribution in [0.15, 0.2) is 84.1 Å². The molecule has 146 valence electrons. The van der Waals surface area contributed by atoms with E-state index in [1.165, 1.54) is 0 Å². The van der Waals surface area contributed by atoms with Crippen molar-refractivity contribution in [2.24, 2.45) is 4.99 Å². The SMILES string of the molecule is O=C1Cc2ccccc2C(c2ccccc2)=NC1Nc1n[nH]c(-c2ccncc2)n1. The average molecular weight is 394 g/mol. The molecule has 0 saturated heterocycles. The molecule has 0 bridgehead atoms. The first-order valence-electron chi connectivity index (χ1n) is 9.61. The Morgan fingerprint density at radius 1 is 0.900 bits per heavy atom. The molecule has 30 heavy (non-hydrogen) atoms. The Labute approximate surface area is 172 Å². The number of hydrogen-bond acceptors (Lipinski definition) is 6. The van der Waals surface area contributed by atoms with Gasteiger partial charge in [-0.3, -0.25) is 19.9 Å². The number of fused-ring (bicyclic) bond motifs is 1. The molecule has 3 heterocycles. The van der Waals surface area contributed by atoms with E-state index in [1.54, 1.807) is 12.4 Å². The fraction of sp³-hybridized carbons (Fsp3) is 0.0870. The Bertz CT molecular complexity index is 1220. The first kappa shape index (κ1) is 17.9. The van der Waals surface area contributed by atoms with Crippen LogP contribution in [0.1, 0.15) is 16.7 Å². The monoisotopic (exact) mass is 394 g/mol. The minimum atomic E-state index is -0.784. The second-order valence-electron chi connectivity index (χ2n) is 6.93. The first-order chi connectivity index (χ1) is 14.8. The van der Waals surface area contributed by atoms with Crippen LogP contribution in [0.25, 0.3) is 11.4 Å². The number of benzene rings is 2. The van der Waals surface area contributed by atoms with E-state index in [4.69, 9.17) is 4.99 Å². The maximum Gasteiger partial charge on any atom is 0.244 e. The number of nitrogens with zero attached hydrogens (tertiary/aromatic N) is 4. The lowest BCUT2D eigenvalue weighted by atomic mass is 9.96. The zero-order valence-electron chi connectivity index (χ0n) is 16.0. The molecule has 2 N–H and O–H groups in total. The first-order valence-corrected chi connectivity index (χ1v) is 9.61. The molecule has 1 aliphatic heterocycles. The Morgan fingerprint density at radius 2 is 1.67 bits per heavy atom. The molecule has 1 aliphatic rings. The van der Waals surface area contributed by atoms with Crippen LogP contribution in [-0.4, -0.2) is 37.8 Å². The van der Waals surface area contributed by atoms with Gasteiger partial charge in [-0.1, -0.05) is 54.6 Å². The van der Waals surface area contributed by atoms with Gasteiger partial charge < -0.3 is 5.32 Å². The maximum atomic E-state index is 13.0. The molecule has 0 amide bonds. The van der Waals surface area contributed by atoms with Crippen molar-refractivity contribution in [1.29, 1.82) is 0 Å². The number of carbonyl (C=O) groups is 1. The molecule has 0 fully saturated rings. The second-order valence-corrected chi connectivity index (χ2v) is 6.93. The van der Waals surface area contributed by atoms with Crippen molar-refractivity contribution in [2.75, 3.05) is 5.32 Å². The molecular formula is C23H18N6O. The topological polar surface area (TPSA) is 95.9 Å². The summed E-state index contributed by atoms with van der Waals surface area (Å²) in [7, 11) is 0. The predicted octanol–water partition coefficient (Wildman–Crippen LogP) is 3.27. The number of anilines is 1. The van der Waals surface area contributed by atoms with Gasteiger partial charge in [0, 0.05) is 35.5 Å². The summed E-state index contributed by atoms with van der Waals surface area (Å²) < 4.78 is 0. The molecule has 1 unspecified atom stereocenters. The lowest BCUT2D eigenvalue weighted by Crippen LogP contribution is -2.29. The van der Waals surface area contributed by atoms with E-state index in [-0.39, 0.29) is 12.2 Å². The van der Waals surface area contributed by atoms with Gasteiger partial charge in [-0.25, -0.2) is 0 Å². The third kappa shape index (κ3) is 3.48. The zero-order chi connectivity index (χ0) is 20.3. The summed E-state index contributed by atoms with van der Waals surface area (Å²) in [6.07, 6.45) is 2.88. The second kappa shape index (κ2) is 7.71. The van der Waals surface area contributed by atoms with Crippen LogP contribution in [-0.2, 0) is 11.2 Å². The Kier molecular flexibility index (Phi) is 4.61. The maximum absolute atomic E-state index is 13.0. The molecule has 7 heteroatoms. The largest absolute Gasteiger partial charge is 0.325 e. The van der Waals surface area contributed by atoms with Crippen molar-refractivity contribution in [3.8, 4) is 11.4 Å². The van der Waals surface area contributed by atoms with Gasteiger partial charge in [-0.05, 0) is 17.7 Å². The number of Topliss-reactive ketones (excluding diaryl/α,β-unsaturated/α-hetero) is 1. The number of carbonyl (C=O) groups excluding carboxylic acids is 1. The normalized spacial score (nSPS) is 15.8. The van der Waals surface area contributed by atoms with Crippen LogP contribution in [0, 0.1) is 0 Å². The van der Waals surface area contributed by atoms with Gasteiger partial charge in [0.05, 0.1) is 5.71 Å². The van der Waals surface area contributed by atoms with E-state index in [0.717, 1.165) is 28.0 Å². The summed E-state index contributed by atoms with van der Waals surface area (Å²) in [5, 5.41) is 10.2.